The zero-order valence-electron chi connectivity index (χ0n) is 18.5. The molecule has 1 aliphatic rings. The van der Waals surface area contributed by atoms with Gasteiger partial charge in [-0.05, 0) is 64.9 Å². The van der Waals surface area contributed by atoms with Crippen LogP contribution in [0.3, 0.4) is 0 Å². The average molecular weight is 480 g/mol. The standard InChI is InChI=1S/C22H26ClN3O5S/c1-13-10-14-8-6-7-9-17(14)26(13)25-20(27)15-11-16(21(28)31-22(2,3)4)19(23)18(12-15)32(29,30)24-5/h6-9,11-13,24H,10H2,1-5H3,(H,25,27). The van der Waals surface area contributed by atoms with Crippen molar-refractivity contribution in [2.75, 3.05) is 12.1 Å². The van der Waals surface area contributed by atoms with Crippen LogP contribution in [0.5, 0.6) is 0 Å². The molecule has 2 N–H and O–H groups in total. The summed E-state index contributed by atoms with van der Waals surface area (Å²) >= 11 is 6.27. The summed E-state index contributed by atoms with van der Waals surface area (Å²) in [6, 6.07) is 10.1. The maximum Gasteiger partial charge on any atom is 0.340 e. The Morgan fingerprint density at radius 1 is 1.19 bits per heavy atom. The van der Waals surface area contributed by atoms with E-state index >= 15 is 0 Å². The molecule has 0 saturated heterocycles. The third-order valence-corrected chi connectivity index (χ3v) is 6.87. The summed E-state index contributed by atoms with van der Waals surface area (Å²) in [5.74, 6) is -1.41. The predicted octanol–water partition coefficient (Wildman–Crippen LogP) is 3.30. The van der Waals surface area contributed by atoms with Gasteiger partial charge in [-0.25, -0.2) is 17.9 Å². The number of carbonyl (C=O) groups is 2. The van der Waals surface area contributed by atoms with Gasteiger partial charge in [-0.3, -0.25) is 15.2 Å². The largest absolute Gasteiger partial charge is 0.456 e. The van der Waals surface area contributed by atoms with E-state index in [1.807, 2.05) is 31.2 Å². The van der Waals surface area contributed by atoms with Crippen molar-refractivity contribution < 1.29 is 22.7 Å². The number of amides is 1. The highest BCUT2D eigenvalue weighted by molar-refractivity contribution is 7.89. The molecule has 2 aromatic carbocycles. The van der Waals surface area contributed by atoms with E-state index in [9.17, 15) is 18.0 Å². The molecule has 0 radical (unpaired) electrons. The fraction of sp³-hybridized carbons (Fsp3) is 0.364. The number of benzene rings is 2. The number of anilines is 1. The number of rotatable bonds is 5. The second-order valence-electron chi connectivity index (χ2n) is 8.54. The van der Waals surface area contributed by atoms with Crippen molar-refractivity contribution in [3.05, 3.63) is 58.1 Å². The zero-order valence-corrected chi connectivity index (χ0v) is 20.1. The molecule has 1 heterocycles. The first-order valence-corrected chi connectivity index (χ1v) is 11.9. The summed E-state index contributed by atoms with van der Waals surface area (Å²) in [7, 11) is -2.84. The van der Waals surface area contributed by atoms with E-state index in [1.54, 1.807) is 25.8 Å². The lowest BCUT2D eigenvalue weighted by Crippen LogP contribution is -2.45. The van der Waals surface area contributed by atoms with Gasteiger partial charge in [0.1, 0.15) is 10.5 Å². The lowest BCUT2D eigenvalue weighted by atomic mass is 10.1. The second-order valence-corrected chi connectivity index (χ2v) is 10.8. The van der Waals surface area contributed by atoms with E-state index in [0.717, 1.165) is 23.7 Å². The Bertz CT molecular complexity index is 1170. The van der Waals surface area contributed by atoms with Gasteiger partial charge >= 0.3 is 5.97 Å². The number of para-hydroxylation sites is 1. The molecule has 32 heavy (non-hydrogen) atoms. The van der Waals surface area contributed by atoms with Crippen LogP contribution in [-0.4, -0.2) is 39.0 Å². The van der Waals surface area contributed by atoms with Crippen LogP contribution in [0.25, 0.3) is 0 Å². The van der Waals surface area contributed by atoms with E-state index in [-0.39, 0.29) is 27.1 Å². The van der Waals surface area contributed by atoms with E-state index in [2.05, 4.69) is 10.1 Å². The third kappa shape index (κ3) is 4.90. The number of nitrogens with one attached hydrogen (secondary N) is 2. The highest BCUT2D eigenvalue weighted by Gasteiger charge is 2.30. The van der Waals surface area contributed by atoms with Crippen LogP contribution < -0.4 is 15.2 Å². The molecule has 1 amide bonds. The molecule has 0 bridgehead atoms. The number of ether oxygens (including phenoxy) is 1. The number of carbonyl (C=O) groups excluding carboxylic acids is 2. The van der Waals surface area contributed by atoms with Crippen LogP contribution in [0.2, 0.25) is 5.02 Å². The van der Waals surface area contributed by atoms with Crippen molar-refractivity contribution in [3.8, 4) is 0 Å². The van der Waals surface area contributed by atoms with Crippen LogP contribution in [-0.2, 0) is 21.2 Å². The summed E-state index contributed by atoms with van der Waals surface area (Å²) < 4.78 is 32.6. The lowest BCUT2D eigenvalue weighted by Gasteiger charge is -2.26. The molecule has 0 aromatic heterocycles. The monoisotopic (exact) mass is 479 g/mol. The van der Waals surface area contributed by atoms with Crippen LogP contribution in [0, 0.1) is 0 Å². The first-order valence-electron chi connectivity index (χ1n) is 10.0. The first kappa shape index (κ1) is 24.0. The Kier molecular flexibility index (Phi) is 6.55. The van der Waals surface area contributed by atoms with Crippen molar-refractivity contribution in [2.24, 2.45) is 0 Å². The van der Waals surface area contributed by atoms with Gasteiger partial charge in [0.2, 0.25) is 10.0 Å². The number of hydrogen-bond acceptors (Lipinski definition) is 6. The number of hydrogen-bond donors (Lipinski definition) is 2. The van der Waals surface area contributed by atoms with Gasteiger partial charge < -0.3 is 4.74 Å². The minimum Gasteiger partial charge on any atom is -0.456 e. The van der Waals surface area contributed by atoms with Crippen molar-refractivity contribution in [2.45, 2.75) is 50.7 Å². The molecular formula is C22H26ClN3O5S. The van der Waals surface area contributed by atoms with Gasteiger partial charge in [-0.15, -0.1) is 0 Å². The van der Waals surface area contributed by atoms with E-state index in [0.29, 0.717) is 0 Å². The van der Waals surface area contributed by atoms with Gasteiger partial charge in [0.05, 0.1) is 22.3 Å². The minimum absolute atomic E-state index is 0.00510. The molecule has 1 atom stereocenters. The van der Waals surface area contributed by atoms with Gasteiger partial charge in [0.15, 0.2) is 0 Å². The SMILES string of the molecule is CNS(=O)(=O)c1cc(C(=O)NN2c3ccccc3CC2C)cc(C(=O)OC(C)(C)C)c1Cl. The maximum absolute atomic E-state index is 13.1. The quantitative estimate of drug-likeness (QED) is 0.637. The Labute approximate surface area is 192 Å². The molecule has 0 saturated carbocycles. The normalized spacial score (nSPS) is 15.9. The molecule has 0 fully saturated rings. The number of esters is 1. The van der Waals surface area contributed by atoms with Gasteiger partial charge in [0, 0.05) is 5.56 Å². The van der Waals surface area contributed by atoms with Crippen molar-refractivity contribution in [1.82, 2.24) is 10.1 Å². The second kappa shape index (κ2) is 8.73. The summed E-state index contributed by atoms with van der Waals surface area (Å²) in [5, 5.41) is 1.41. The molecule has 172 valence electrons. The van der Waals surface area contributed by atoms with E-state index < -0.39 is 27.5 Å². The molecule has 0 aliphatic carbocycles. The van der Waals surface area contributed by atoms with Gasteiger partial charge in [0.25, 0.3) is 5.91 Å². The van der Waals surface area contributed by atoms with E-state index in [1.165, 1.54) is 13.1 Å². The number of fused-ring (bicyclic) bond motifs is 1. The summed E-state index contributed by atoms with van der Waals surface area (Å²) in [4.78, 5) is 25.5. The molecule has 2 aromatic rings. The topological polar surface area (TPSA) is 105 Å². The Balaban J connectivity index is 2.04. The molecule has 1 aliphatic heterocycles. The van der Waals surface area contributed by atoms with Gasteiger partial charge in [-0.2, -0.15) is 0 Å². The van der Waals surface area contributed by atoms with Crippen LogP contribution in [0.4, 0.5) is 5.69 Å². The van der Waals surface area contributed by atoms with Gasteiger partial charge in [-0.1, -0.05) is 29.8 Å². The predicted molar refractivity (Wildman–Crippen MR) is 122 cm³/mol. The molecule has 1 unspecified atom stereocenters. The summed E-state index contributed by atoms with van der Waals surface area (Å²) in [6.45, 7) is 6.98. The van der Waals surface area contributed by atoms with Crippen molar-refractivity contribution in [3.63, 3.8) is 0 Å². The van der Waals surface area contributed by atoms with Crippen LogP contribution in [0.1, 0.15) is 54.0 Å². The number of sulfonamides is 1. The van der Waals surface area contributed by atoms with Crippen LogP contribution in [0.15, 0.2) is 41.3 Å². The highest BCUT2D eigenvalue weighted by Crippen LogP contribution is 2.32. The van der Waals surface area contributed by atoms with Crippen LogP contribution >= 0.6 is 11.6 Å². The number of hydrazine groups is 1. The highest BCUT2D eigenvalue weighted by atomic mass is 35.5. The Morgan fingerprint density at radius 3 is 2.47 bits per heavy atom. The zero-order chi connectivity index (χ0) is 23.8. The molecule has 3 rings (SSSR count). The first-order chi connectivity index (χ1) is 14.8. The minimum atomic E-state index is -4.05. The Morgan fingerprint density at radius 2 is 1.84 bits per heavy atom. The van der Waals surface area contributed by atoms with E-state index in [4.69, 9.17) is 16.3 Å². The van der Waals surface area contributed by atoms with Crippen molar-refractivity contribution >= 4 is 39.2 Å². The molecule has 8 nitrogen and oxygen atoms in total. The summed E-state index contributed by atoms with van der Waals surface area (Å²) in [6.07, 6.45) is 0.750. The van der Waals surface area contributed by atoms with Crippen molar-refractivity contribution in [1.29, 1.82) is 0 Å². The fourth-order valence-corrected chi connectivity index (χ4v) is 4.76. The average Bonchev–Trinajstić information content (AvgIpc) is 3.01. The molecule has 10 heteroatoms. The smallest absolute Gasteiger partial charge is 0.340 e. The number of nitrogens with zero attached hydrogens (tertiary/aromatic N) is 1. The Hall–Kier alpha value is -2.62. The third-order valence-electron chi connectivity index (χ3n) is 4.91. The fourth-order valence-electron chi connectivity index (χ4n) is 3.43. The molecule has 0 spiro atoms. The maximum atomic E-state index is 13.1. The number of halogens is 1. The lowest BCUT2D eigenvalue weighted by molar-refractivity contribution is 0.00694. The summed E-state index contributed by atoms with van der Waals surface area (Å²) in [5.41, 5.74) is 3.67. The molecular weight excluding hydrogens is 454 g/mol.